The van der Waals surface area contributed by atoms with Crippen molar-refractivity contribution in [3.63, 3.8) is 0 Å². The van der Waals surface area contributed by atoms with Crippen molar-refractivity contribution in [1.29, 1.82) is 0 Å². The van der Waals surface area contributed by atoms with Gasteiger partial charge in [0.1, 0.15) is 12.4 Å². The summed E-state index contributed by atoms with van der Waals surface area (Å²) in [6, 6.07) is 12.1. The van der Waals surface area contributed by atoms with Gasteiger partial charge in [0.25, 0.3) is 5.56 Å². The van der Waals surface area contributed by atoms with Gasteiger partial charge in [0.15, 0.2) is 16.3 Å². The molecular formula is C29H30N2O6S. The minimum atomic E-state index is -0.759. The number of nitrogens with zero attached hydrogens (tertiary/aromatic N) is 2. The molecule has 0 spiro atoms. The molecule has 1 aliphatic rings. The summed E-state index contributed by atoms with van der Waals surface area (Å²) in [7, 11) is 1.59. The van der Waals surface area contributed by atoms with E-state index in [4.69, 9.17) is 18.9 Å². The molecule has 1 unspecified atom stereocenters. The monoisotopic (exact) mass is 534 g/mol. The van der Waals surface area contributed by atoms with Crippen LogP contribution in [0.5, 0.6) is 17.2 Å². The van der Waals surface area contributed by atoms with Crippen molar-refractivity contribution in [2.75, 3.05) is 26.9 Å². The molecule has 1 aromatic heterocycles. The smallest absolute Gasteiger partial charge is 0.338 e. The van der Waals surface area contributed by atoms with Gasteiger partial charge in [-0.1, -0.05) is 42.2 Å². The molecule has 198 valence electrons. The summed E-state index contributed by atoms with van der Waals surface area (Å²) in [6.07, 6.45) is 3.44. The summed E-state index contributed by atoms with van der Waals surface area (Å²) < 4.78 is 24.3. The molecule has 0 radical (unpaired) electrons. The van der Waals surface area contributed by atoms with Crippen molar-refractivity contribution < 1.29 is 23.7 Å². The molecule has 9 heteroatoms. The van der Waals surface area contributed by atoms with E-state index in [1.807, 2.05) is 37.3 Å². The number of fused-ring (bicyclic) bond motifs is 1. The molecule has 0 aliphatic carbocycles. The highest BCUT2D eigenvalue weighted by Crippen LogP contribution is 2.36. The number of esters is 1. The van der Waals surface area contributed by atoms with Gasteiger partial charge in [-0.25, -0.2) is 9.79 Å². The van der Waals surface area contributed by atoms with Gasteiger partial charge in [-0.15, -0.1) is 0 Å². The summed E-state index contributed by atoms with van der Waals surface area (Å²) in [4.78, 5) is 32.1. The second kappa shape index (κ2) is 12.0. The fourth-order valence-electron chi connectivity index (χ4n) is 4.22. The molecule has 0 saturated heterocycles. The number of carbonyl (C=O) groups is 1. The molecule has 0 amide bonds. The van der Waals surface area contributed by atoms with E-state index in [1.165, 1.54) is 11.3 Å². The topological polar surface area (TPSA) is 88.4 Å². The minimum Gasteiger partial charge on any atom is -0.497 e. The SMILES string of the molecule is C=CCOc1ccc(C2C(C(=O)OCC)=C(C)N=c3sc(=Cc4cccc(OC)c4)c(=O)n32)cc1OCC. The lowest BCUT2D eigenvalue weighted by atomic mass is 9.95. The zero-order chi connectivity index (χ0) is 27.2. The van der Waals surface area contributed by atoms with Gasteiger partial charge >= 0.3 is 5.97 Å². The van der Waals surface area contributed by atoms with Crippen LogP contribution in [-0.2, 0) is 9.53 Å². The highest BCUT2D eigenvalue weighted by molar-refractivity contribution is 7.07. The number of carbonyl (C=O) groups excluding carboxylic acids is 1. The summed E-state index contributed by atoms with van der Waals surface area (Å²) in [5.41, 5.74) is 2.02. The molecule has 1 aliphatic heterocycles. The average Bonchev–Trinajstić information content (AvgIpc) is 3.21. The molecule has 2 aromatic carbocycles. The van der Waals surface area contributed by atoms with Gasteiger partial charge in [-0.3, -0.25) is 9.36 Å². The predicted octanol–water partition coefficient (Wildman–Crippen LogP) is 3.77. The zero-order valence-electron chi connectivity index (χ0n) is 21.9. The van der Waals surface area contributed by atoms with Crippen LogP contribution in [0.4, 0.5) is 0 Å². The van der Waals surface area contributed by atoms with Crippen LogP contribution in [0.2, 0.25) is 0 Å². The maximum atomic E-state index is 13.8. The van der Waals surface area contributed by atoms with Crippen LogP contribution in [0.1, 0.15) is 37.9 Å². The normalized spacial score (nSPS) is 14.9. The van der Waals surface area contributed by atoms with Crippen molar-refractivity contribution in [1.82, 2.24) is 4.57 Å². The van der Waals surface area contributed by atoms with Crippen molar-refractivity contribution in [3.8, 4) is 17.2 Å². The van der Waals surface area contributed by atoms with Gasteiger partial charge in [0, 0.05) is 0 Å². The first-order valence-corrected chi connectivity index (χ1v) is 13.1. The highest BCUT2D eigenvalue weighted by atomic mass is 32.1. The summed E-state index contributed by atoms with van der Waals surface area (Å²) in [5, 5.41) is 0. The molecule has 0 fully saturated rings. The number of aromatic nitrogens is 1. The number of benzene rings is 2. The third-order valence-corrected chi connectivity index (χ3v) is 6.83. The Hall–Kier alpha value is -4.11. The van der Waals surface area contributed by atoms with Gasteiger partial charge in [0.05, 0.1) is 42.2 Å². The number of hydrogen-bond acceptors (Lipinski definition) is 8. The van der Waals surface area contributed by atoms with E-state index in [2.05, 4.69) is 11.6 Å². The van der Waals surface area contributed by atoms with Crippen LogP contribution in [0.3, 0.4) is 0 Å². The second-order valence-corrected chi connectivity index (χ2v) is 9.33. The summed E-state index contributed by atoms with van der Waals surface area (Å²) in [5.74, 6) is 1.21. The first-order chi connectivity index (χ1) is 18.4. The lowest BCUT2D eigenvalue weighted by Gasteiger charge is -2.25. The second-order valence-electron chi connectivity index (χ2n) is 8.32. The number of thiazole rings is 1. The van der Waals surface area contributed by atoms with Crippen LogP contribution in [0.15, 0.2) is 76.2 Å². The number of ether oxygens (including phenoxy) is 4. The van der Waals surface area contributed by atoms with E-state index in [1.54, 1.807) is 49.8 Å². The Kier molecular flexibility index (Phi) is 8.48. The first kappa shape index (κ1) is 26.9. The fraction of sp³-hybridized carbons (Fsp3) is 0.276. The van der Waals surface area contributed by atoms with E-state index < -0.39 is 12.0 Å². The molecule has 38 heavy (non-hydrogen) atoms. The van der Waals surface area contributed by atoms with Crippen LogP contribution in [0, 0.1) is 0 Å². The minimum absolute atomic E-state index is 0.196. The summed E-state index contributed by atoms with van der Waals surface area (Å²) in [6.45, 7) is 9.98. The lowest BCUT2D eigenvalue weighted by Crippen LogP contribution is -2.40. The number of methoxy groups -OCH3 is 1. The molecule has 4 rings (SSSR count). The zero-order valence-corrected chi connectivity index (χ0v) is 22.7. The van der Waals surface area contributed by atoms with Gasteiger partial charge in [-0.05, 0) is 62.2 Å². The lowest BCUT2D eigenvalue weighted by molar-refractivity contribution is -0.139. The van der Waals surface area contributed by atoms with E-state index in [-0.39, 0.29) is 12.2 Å². The quantitative estimate of drug-likeness (QED) is 0.291. The fourth-order valence-corrected chi connectivity index (χ4v) is 5.27. The van der Waals surface area contributed by atoms with Crippen LogP contribution in [0.25, 0.3) is 6.08 Å². The van der Waals surface area contributed by atoms with Gasteiger partial charge < -0.3 is 18.9 Å². The third-order valence-electron chi connectivity index (χ3n) is 5.85. The van der Waals surface area contributed by atoms with E-state index >= 15 is 0 Å². The Labute approximate surface area is 224 Å². The molecule has 2 heterocycles. The van der Waals surface area contributed by atoms with Crippen molar-refractivity contribution in [2.24, 2.45) is 4.99 Å². The van der Waals surface area contributed by atoms with Gasteiger partial charge in [0.2, 0.25) is 0 Å². The molecule has 1 atom stereocenters. The van der Waals surface area contributed by atoms with Crippen molar-refractivity contribution in [3.05, 3.63) is 97.2 Å². The molecule has 8 nitrogen and oxygen atoms in total. The average molecular weight is 535 g/mol. The molecule has 0 N–H and O–H groups in total. The Morgan fingerprint density at radius 3 is 2.66 bits per heavy atom. The Bertz CT molecular complexity index is 1570. The maximum Gasteiger partial charge on any atom is 0.338 e. The number of rotatable bonds is 10. The third kappa shape index (κ3) is 5.43. The Morgan fingerprint density at radius 1 is 1.13 bits per heavy atom. The van der Waals surface area contributed by atoms with Gasteiger partial charge in [-0.2, -0.15) is 0 Å². The number of hydrogen-bond donors (Lipinski definition) is 0. The van der Waals surface area contributed by atoms with E-state index in [0.29, 0.717) is 56.6 Å². The largest absolute Gasteiger partial charge is 0.497 e. The maximum absolute atomic E-state index is 13.8. The van der Waals surface area contributed by atoms with Crippen molar-refractivity contribution >= 4 is 23.4 Å². The molecule has 0 saturated carbocycles. The highest BCUT2D eigenvalue weighted by Gasteiger charge is 2.34. The number of allylic oxidation sites excluding steroid dienone is 1. The molecule has 0 bridgehead atoms. The van der Waals surface area contributed by atoms with Crippen LogP contribution < -0.4 is 29.1 Å². The molecule has 3 aromatic rings. The predicted molar refractivity (Wildman–Crippen MR) is 147 cm³/mol. The van der Waals surface area contributed by atoms with Crippen molar-refractivity contribution in [2.45, 2.75) is 26.8 Å². The van der Waals surface area contributed by atoms with Crippen LogP contribution in [-0.4, -0.2) is 37.5 Å². The first-order valence-electron chi connectivity index (χ1n) is 12.3. The van der Waals surface area contributed by atoms with E-state index in [0.717, 1.165) is 5.56 Å². The van der Waals surface area contributed by atoms with E-state index in [9.17, 15) is 9.59 Å². The molecular weight excluding hydrogens is 504 g/mol. The standard InChI is InChI=1S/C29H30N2O6S/c1-6-14-37-22-13-12-20(17-23(22)35-7-2)26-25(28(33)36-8-3)18(4)30-29-31(26)27(32)24(38-29)16-19-10-9-11-21(15-19)34-5/h6,9-13,15-17,26H,1,7-8,14H2,2-5H3. The Balaban J connectivity index is 1.93. The Morgan fingerprint density at radius 2 is 1.95 bits per heavy atom. The summed E-state index contributed by atoms with van der Waals surface area (Å²) >= 11 is 1.26. The van der Waals surface area contributed by atoms with Crippen LogP contribution >= 0.6 is 11.3 Å².